The van der Waals surface area contributed by atoms with Crippen LogP contribution in [0.4, 0.5) is 0 Å². The maximum absolute atomic E-state index is 11.9. The van der Waals surface area contributed by atoms with E-state index >= 15 is 0 Å². The molecule has 0 aliphatic heterocycles. The van der Waals surface area contributed by atoms with E-state index in [2.05, 4.69) is 22.9 Å². The second-order valence-corrected chi connectivity index (χ2v) is 4.46. The summed E-state index contributed by atoms with van der Waals surface area (Å²) < 4.78 is 5.03. The zero-order chi connectivity index (χ0) is 13.7. The Labute approximate surface area is 117 Å². The molecule has 4 nitrogen and oxygen atoms in total. The SMILES string of the molecule is COc1cc(CNC(=O)c2cccc(S)c2)ccn1. The van der Waals surface area contributed by atoms with Crippen LogP contribution in [0.2, 0.25) is 0 Å². The van der Waals surface area contributed by atoms with E-state index in [-0.39, 0.29) is 5.91 Å². The van der Waals surface area contributed by atoms with Gasteiger partial charge in [0.1, 0.15) is 0 Å². The van der Waals surface area contributed by atoms with Crippen LogP contribution in [-0.4, -0.2) is 18.0 Å². The minimum atomic E-state index is -0.133. The van der Waals surface area contributed by atoms with Gasteiger partial charge in [0.15, 0.2) is 0 Å². The summed E-state index contributed by atoms with van der Waals surface area (Å²) in [6.07, 6.45) is 1.65. The second kappa shape index (κ2) is 6.24. The molecule has 0 spiro atoms. The van der Waals surface area contributed by atoms with Gasteiger partial charge in [0.2, 0.25) is 5.88 Å². The standard InChI is InChI=1S/C14H14N2O2S/c1-18-13-7-10(5-6-15-13)9-16-14(17)11-3-2-4-12(19)8-11/h2-8,19H,9H2,1H3,(H,16,17). The van der Waals surface area contributed by atoms with E-state index < -0.39 is 0 Å². The van der Waals surface area contributed by atoms with Gasteiger partial charge in [0, 0.05) is 29.3 Å². The number of nitrogens with zero attached hydrogens (tertiary/aromatic N) is 1. The summed E-state index contributed by atoms with van der Waals surface area (Å²) in [6, 6.07) is 10.7. The zero-order valence-corrected chi connectivity index (χ0v) is 11.4. The topological polar surface area (TPSA) is 51.2 Å². The van der Waals surface area contributed by atoms with Crippen LogP contribution < -0.4 is 10.1 Å². The molecule has 1 N–H and O–H groups in total. The number of aromatic nitrogens is 1. The van der Waals surface area contributed by atoms with Gasteiger partial charge in [-0.05, 0) is 29.8 Å². The molecule has 1 aromatic carbocycles. The van der Waals surface area contributed by atoms with E-state index in [0.29, 0.717) is 18.0 Å². The lowest BCUT2D eigenvalue weighted by molar-refractivity contribution is 0.0950. The molecule has 0 aliphatic carbocycles. The summed E-state index contributed by atoms with van der Waals surface area (Å²) in [5, 5.41) is 2.84. The van der Waals surface area contributed by atoms with Crippen molar-refractivity contribution < 1.29 is 9.53 Å². The molecule has 19 heavy (non-hydrogen) atoms. The number of methoxy groups -OCH3 is 1. The molecule has 2 aromatic rings. The first-order valence-electron chi connectivity index (χ1n) is 5.75. The van der Waals surface area contributed by atoms with Gasteiger partial charge in [-0.25, -0.2) is 4.98 Å². The molecule has 2 rings (SSSR count). The molecule has 0 unspecified atom stereocenters. The third-order valence-corrected chi connectivity index (χ3v) is 2.85. The summed E-state index contributed by atoms with van der Waals surface area (Å²) in [5.74, 6) is 0.399. The fraction of sp³-hybridized carbons (Fsp3) is 0.143. The Morgan fingerprint density at radius 1 is 1.37 bits per heavy atom. The minimum Gasteiger partial charge on any atom is -0.481 e. The van der Waals surface area contributed by atoms with Gasteiger partial charge in [-0.15, -0.1) is 12.6 Å². The van der Waals surface area contributed by atoms with Crippen LogP contribution in [0.1, 0.15) is 15.9 Å². The summed E-state index contributed by atoms with van der Waals surface area (Å²) in [7, 11) is 1.56. The highest BCUT2D eigenvalue weighted by atomic mass is 32.1. The number of thiol groups is 1. The van der Waals surface area contributed by atoms with Crippen molar-refractivity contribution in [2.24, 2.45) is 0 Å². The molecule has 0 radical (unpaired) electrons. The van der Waals surface area contributed by atoms with Gasteiger partial charge in [0.25, 0.3) is 5.91 Å². The molecule has 1 aromatic heterocycles. The van der Waals surface area contributed by atoms with Crippen LogP contribution in [-0.2, 0) is 6.54 Å². The van der Waals surface area contributed by atoms with Gasteiger partial charge < -0.3 is 10.1 Å². The van der Waals surface area contributed by atoms with Crippen LogP contribution >= 0.6 is 12.6 Å². The Balaban J connectivity index is 2.00. The molecule has 0 bridgehead atoms. The smallest absolute Gasteiger partial charge is 0.251 e. The monoisotopic (exact) mass is 274 g/mol. The molecule has 0 saturated heterocycles. The number of pyridine rings is 1. The van der Waals surface area contributed by atoms with Crippen molar-refractivity contribution >= 4 is 18.5 Å². The van der Waals surface area contributed by atoms with E-state index in [1.165, 1.54) is 0 Å². The fourth-order valence-electron chi connectivity index (χ4n) is 1.60. The Hall–Kier alpha value is -2.01. The van der Waals surface area contributed by atoms with Gasteiger partial charge in [-0.1, -0.05) is 6.07 Å². The first-order chi connectivity index (χ1) is 9.19. The number of hydrogen-bond donors (Lipinski definition) is 2. The van der Waals surface area contributed by atoms with Crippen molar-refractivity contribution in [1.82, 2.24) is 10.3 Å². The van der Waals surface area contributed by atoms with E-state index in [0.717, 1.165) is 10.5 Å². The molecular formula is C14H14N2O2S. The molecular weight excluding hydrogens is 260 g/mol. The minimum absolute atomic E-state index is 0.133. The number of nitrogens with one attached hydrogen (secondary N) is 1. The van der Waals surface area contributed by atoms with Crippen molar-refractivity contribution in [2.75, 3.05) is 7.11 Å². The predicted octanol–water partition coefficient (Wildman–Crippen LogP) is 2.31. The lowest BCUT2D eigenvalue weighted by atomic mass is 10.2. The Morgan fingerprint density at radius 2 is 2.21 bits per heavy atom. The molecule has 5 heteroatoms. The molecule has 98 valence electrons. The van der Waals surface area contributed by atoms with Gasteiger partial charge in [0.05, 0.1) is 7.11 Å². The Morgan fingerprint density at radius 3 is 2.95 bits per heavy atom. The average molecular weight is 274 g/mol. The highest BCUT2D eigenvalue weighted by Gasteiger charge is 2.05. The van der Waals surface area contributed by atoms with E-state index in [1.807, 2.05) is 12.1 Å². The predicted molar refractivity (Wildman–Crippen MR) is 75.7 cm³/mol. The quantitative estimate of drug-likeness (QED) is 0.841. The van der Waals surface area contributed by atoms with Crippen molar-refractivity contribution in [3.63, 3.8) is 0 Å². The summed E-state index contributed by atoms with van der Waals surface area (Å²) in [4.78, 5) is 16.7. The van der Waals surface area contributed by atoms with Crippen molar-refractivity contribution in [2.45, 2.75) is 11.4 Å². The van der Waals surface area contributed by atoms with Crippen molar-refractivity contribution in [3.8, 4) is 5.88 Å². The summed E-state index contributed by atoms with van der Waals surface area (Å²) >= 11 is 4.21. The molecule has 1 amide bonds. The molecule has 1 heterocycles. The zero-order valence-electron chi connectivity index (χ0n) is 10.5. The molecule has 0 aliphatic rings. The number of amides is 1. The van der Waals surface area contributed by atoms with Crippen molar-refractivity contribution in [1.29, 1.82) is 0 Å². The van der Waals surface area contributed by atoms with Crippen molar-refractivity contribution in [3.05, 3.63) is 53.7 Å². The van der Waals surface area contributed by atoms with Crippen LogP contribution in [0.3, 0.4) is 0 Å². The maximum Gasteiger partial charge on any atom is 0.251 e. The molecule has 0 fully saturated rings. The van der Waals surface area contributed by atoms with E-state index in [9.17, 15) is 4.79 Å². The number of carbonyl (C=O) groups is 1. The highest BCUT2D eigenvalue weighted by Crippen LogP contribution is 2.10. The molecule has 0 saturated carbocycles. The van der Waals surface area contributed by atoms with E-state index in [4.69, 9.17) is 4.74 Å². The number of benzene rings is 1. The number of carbonyl (C=O) groups excluding carboxylic acids is 1. The van der Waals surface area contributed by atoms with Gasteiger partial charge in [-0.3, -0.25) is 4.79 Å². The Kier molecular flexibility index (Phi) is 4.41. The van der Waals surface area contributed by atoms with Crippen LogP contribution in [0, 0.1) is 0 Å². The summed E-state index contributed by atoms with van der Waals surface area (Å²) in [6.45, 7) is 0.425. The normalized spacial score (nSPS) is 10.0. The first-order valence-corrected chi connectivity index (χ1v) is 6.20. The maximum atomic E-state index is 11.9. The third kappa shape index (κ3) is 3.72. The van der Waals surface area contributed by atoms with Crippen LogP contribution in [0.25, 0.3) is 0 Å². The number of hydrogen-bond acceptors (Lipinski definition) is 4. The number of rotatable bonds is 4. The van der Waals surface area contributed by atoms with E-state index in [1.54, 1.807) is 37.6 Å². The Bertz CT molecular complexity index is 587. The second-order valence-electron chi connectivity index (χ2n) is 3.94. The third-order valence-electron chi connectivity index (χ3n) is 2.57. The highest BCUT2D eigenvalue weighted by molar-refractivity contribution is 7.80. The largest absolute Gasteiger partial charge is 0.481 e. The van der Waals surface area contributed by atoms with Gasteiger partial charge >= 0.3 is 0 Å². The van der Waals surface area contributed by atoms with Crippen LogP contribution in [0.5, 0.6) is 5.88 Å². The van der Waals surface area contributed by atoms with Gasteiger partial charge in [-0.2, -0.15) is 0 Å². The molecule has 0 atom stereocenters. The lowest BCUT2D eigenvalue weighted by Crippen LogP contribution is -2.22. The van der Waals surface area contributed by atoms with Crippen LogP contribution in [0.15, 0.2) is 47.5 Å². The first kappa shape index (κ1) is 13.4. The lowest BCUT2D eigenvalue weighted by Gasteiger charge is -2.06. The summed E-state index contributed by atoms with van der Waals surface area (Å²) in [5.41, 5.74) is 1.52. The fourth-order valence-corrected chi connectivity index (χ4v) is 1.83. The number of ether oxygens (including phenoxy) is 1. The average Bonchev–Trinajstić information content (AvgIpc) is 2.45.